The number of aliphatic hydroxyl groups is 2. The lowest BCUT2D eigenvalue weighted by atomic mass is 9.58. The van der Waals surface area contributed by atoms with Crippen LogP contribution in [0.2, 0.25) is 0 Å². The van der Waals surface area contributed by atoms with E-state index in [-0.39, 0.29) is 41.5 Å². The van der Waals surface area contributed by atoms with Crippen molar-refractivity contribution in [2.45, 2.75) is 173 Å². The molecule has 6 heterocycles. The van der Waals surface area contributed by atoms with Crippen LogP contribution >= 0.6 is 0 Å². The van der Waals surface area contributed by atoms with Gasteiger partial charge in [0.2, 0.25) is 5.79 Å². The lowest BCUT2D eigenvalue weighted by Gasteiger charge is -2.49. The van der Waals surface area contributed by atoms with Crippen molar-refractivity contribution in [2.75, 3.05) is 6.54 Å². The molecule has 0 aromatic heterocycles. The number of cyclic esters (lactones) is 1. The first-order valence-electron chi connectivity index (χ1n) is 19.6. The fourth-order valence-electron chi connectivity index (χ4n) is 10.5. The number of rotatable bonds is 1. The third kappa shape index (κ3) is 6.44. The Kier molecular flexibility index (Phi) is 9.71. The molecule has 7 rings (SSSR count). The van der Waals surface area contributed by atoms with Gasteiger partial charge in [-0.3, -0.25) is 4.99 Å². The van der Waals surface area contributed by atoms with E-state index >= 15 is 0 Å². The predicted octanol–water partition coefficient (Wildman–Crippen LogP) is 7.83. The molecule has 0 radical (unpaired) electrons. The molecular formula is C42H61NO7. The van der Waals surface area contributed by atoms with E-state index in [9.17, 15) is 15.0 Å². The van der Waals surface area contributed by atoms with Gasteiger partial charge >= 0.3 is 5.97 Å². The number of fused-ring (bicyclic) bond motifs is 2. The van der Waals surface area contributed by atoms with Crippen molar-refractivity contribution in [3.8, 4) is 0 Å². The molecular weight excluding hydrogens is 630 g/mol. The van der Waals surface area contributed by atoms with Gasteiger partial charge in [0.25, 0.3) is 0 Å². The number of carbonyl (C=O) groups is 1. The summed E-state index contributed by atoms with van der Waals surface area (Å²) in [5.41, 5.74) is 5.23. The van der Waals surface area contributed by atoms with Crippen LogP contribution in [-0.2, 0) is 23.7 Å². The number of hydrogen-bond donors (Lipinski definition) is 2. The van der Waals surface area contributed by atoms with Crippen LogP contribution in [0.4, 0.5) is 0 Å². The molecule has 50 heavy (non-hydrogen) atoms. The van der Waals surface area contributed by atoms with Crippen LogP contribution in [0.5, 0.6) is 0 Å². The van der Waals surface area contributed by atoms with Crippen LogP contribution in [0, 0.1) is 23.2 Å². The Morgan fingerprint density at radius 1 is 0.980 bits per heavy atom. The summed E-state index contributed by atoms with van der Waals surface area (Å²) < 4.78 is 26.2. The molecule has 3 fully saturated rings. The summed E-state index contributed by atoms with van der Waals surface area (Å²) in [6, 6.07) is 0. The number of aliphatic hydroxyl groups excluding tert-OH is 1. The van der Waals surface area contributed by atoms with Crippen molar-refractivity contribution >= 4 is 11.7 Å². The van der Waals surface area contributed by atoms with Gasteiger partial charge in [0.05, 0.1) is 18.3 Å². The van der Waals surface area contributed by atoms with Crippen LogP contribution in [-0.4, -0.2) is 70.0 Å². The smallest absolute Gasteiger partial charge is 0.334 e. The Balaban J connectivity index is 1.27. The Morgan fingerprint density at radius 2 is 1.78 bits per heavy atom. The van der Waals surface area contributed by atoms with Crippen molar-refractivity contribution in [1.82, 2.24) is 0 Å². The molecule has 8 heteroatoms. The zero-order valence-corrected chi connectivity index (χ0v) is 31.4. The van der Waals surface area contributed by atoms with E-state index in [1.807, 2.05) is 19.9 Å². The van der Waals surface area contributed by atoms with E-state index in [4.69, 9.17) is 23.9 Å². The topological polar surface area (TPSA) is 107 Å². The second-order valence-electron chi connectivity index (χ2n) is 17.6. The highest BCUT2D eigenvalue weighted by molar-refractivity contribution is 5.92. The summed E-state index contributed by atoms with van der Waals surface area (Å²) >= 11 is 0. The molecule has 0 amide bonds. The molecule has 6 aliphatic heterocycles. The maximum absolute atomic E-state index is 12.5. The zero-order chi connectivity index (χ0) is 35.6. The number of nitrogens with zero attached hydrogens (tertiary/aromatic N) is 1. The molecule has 8 nitrogen and oxygen atoms in total. The highest BCUT2D eigenvalue weighted by Gasteiger charge is 2.64. The number of aliphatic imine (C=N–C) groups is 1. The molecule has 3 saturated heterocycles. The van der Waals surface area contributed by atoms with Gasteiger partial charge in [0.15, 0.2) is 5.79 Å². The average molecular weight is 692 g/mol. The SMILES string of the molecule is C=C1CCCC2=NC[C@H](C)CC[C@]23CCC([C@@H]2C=C(C)C(=O)O2)=C(C)[C@@H]3/C=C(\C)[C@H](O)C[C@@H]2O[C@]3(CC[C@@]4(O[C@@H](CC[C@@]4(C)O)C1)O3)C[C@H]2C. The molecule has 0 saturated carbocycles. The third-order valence-corrected chi connectivity index (χ3v) is 13.8. The number of esters is 1. The average Bonchev–Trinajstić information content (AvgIpc) is 3.65. The predicted molar refractivity (Wildman–Crippen MR) is 193 cm³/mol. The van der Waals surface area contributed by atoms with E-state index in [2.05, 4.69) is 40.3 Å². The van der Waals surface area contributed by atoms with E-state index in [1.54, 1.807) is 0 Å². The van der Waals surface area contributed by atoms with E-state index in [0.29, 0.717) is 43.6 Å². The van der Waals surface area contributed by atoms with Gasteiger partial charge in [-0.25, -0.2) is 4.79 Å². The fourth-order valence-corrected chi connectivity index (χ4v) is 10.5. The summed E-state index contributed by atoms with van der Waals surface area (Å²) in [5, 5.41) is 23.5. The van der Waals surface area contributed by atoms with Crippen LogP contribution in [0.25, 0.3) is 0 Å². The summed E-state index contributed by atoms with van der Waals surface area (Å²) in [5.74, 6) is -1.47. The van der Waals surface area contributed by atoms with Crippen molar-refractivity contribution < 1.29 is 34.0 Å². The largest absolute Gasteiger partial charge is 0.450 e. The number of allylic oxidation sites excluding steroid dienone is 2. The minimum Gasteiger partial charge on any atom is -0.450 e. The molecule has 0 aromatic rings. The van der Waals surface area contributed by atoms with Crippen molar-refractivity contribution in [1.29, 1.82) is 0 Å². The maximum atomic E-state index is 12.5. The second kappa shape index (κ2) is 13.4. The second-order valence-corrected chi connectivity index (χ2v) is 17.6. The number of ether oxygens (including phenoxy) is 4. The van der Waals surface area contributed by atoms with Crippen molar-refractivity contribution in [2.24, 2.45) is 28.2 Å². The zero-order valence-electron chi connectivity index (χ0n) is 31.4. The first-order chi connectivity index (χ1) is 23.6. The minimum absolute atomic E-state index is 0.0319. The van der Waals surface area contributed by atoms with Crippen LogP contribution < -0.4 is 0 Å². The van der Waals surface area contributed by atoms with Crippen LogP contribution in [0.15, 0.2) is 51.6 Å². The highest BCUT2D eigenvalue weighted by atomic mass is 16.8. The number of hydrogen-bond acceptors (Lipinski definition) is 8. The van der Waals surface area contributed by atoms with E-state index in [1.165, 1.54) is 22.4 Å². The van der Waals surface area contributed by atoms with Gasteiger partial charge < -0.3 is 29.2 Å². The fraction of sp³-hybridized carbons (Fsp3) is 0.762. The summed E-state index contributed by atoms with van der Waals surface area (Å²) in [4.78, 5) is 17.9. The first kappa shape index (κ1) is 36.3. The van der Waals surface area contributed by atoms with Crippen LogP contribution in [0.1, 0.15) is 131 Å². The molecule has 3 spiro atoms. The quantitative estimate of drug-likeness (QED) is 0.213. The standard InChI is InChI=1S/C42H61NO7/c1-25-9-8-10-37-40(15-11-26(2)24-43-37)16-13-32(36-21-28(4)38(45)47-36)30(6)33(40)20-27(3)34(44)22-35-29(5)23-41(49-35)17-18-42(50-41)39(7,46)14-12-31(19-25)48-42/h20-21,26,29,31,33-36,44,46H,1,8-19,22-24H2,2-7H3/b27-20+/t26-,29-,31+,33+,34-,35+,36+,39-,40-,41+,42-/m1/s1. The molecule has 1 aliphatic carbocycles. The van der Waals surface area contributed by atoms with Gasteiger partial charge in [-0.1, -0.05) is 37.6 Å². The summed E-state index contributed by atoms with van der Waals surface area (Å²) in [6.45, 7) is 17.8. The van der Waals surface area contributed by atoms with Gasteiger partial charge in [0.1, 0.15) is 11.7 Å². The third-order valence-electron chi connectivity index (χ3n) is 13.8. The lowest BCUT2D eigenvalue weighted by Crippen LogP contribution is -2.60. The Bertz CT molecular complexity index is 1510. The number of carbonyl (C=O) groups excluding carboxylic acids is 1. The molecule has 2 N–H and O–H groups in total. The highest BCUT2D eigenvalue weighted by Crippen LogP contribution is 2.57. The Hall–Kier alpha value is -2.10. The van der Waals surface area contributed by atoms with Crippen LogP contribution in [0.3, 0.4) is 0 Å². The Morgan fingerprint density at radius 3 is 2.54 bits per heavy atom. The summed E-state index contributed by atoms with van der Waals surface area (Å²) in [6.07, 6.45) is 14.2. The van der Waals surface area contributed by atoms with Gasteiger partial charge in [0, 0.05) is 54.8 Å². The maximum Gasteiger partial charge on any atom is 0.334 e. The van der Waals surface area contributed by atoms with E-state index in [0.717, 1.165) is 69.9 Å². The molecule has 0 aromatic carbocycles. The molecule has 0 unspecified atom stereocenters. The summed E-state index contributed by atoms with van der Waals surface area (Å²) in [7, 11) is 0. The first-order valence-corrected chi connectivity index (χ1v) is 19.6. The molecule has 7 aliphatic rings. The van der Waals surface area contributed by atoms with E-state index < -0.39 is 23.3 Å². The van der Waals surface area contributed by atoms with Crippen molar-refractivity contribution in [3.05, 3.63) is 46.6 Å². The van der Waals surface area contributed by atoms with Crippen molar-refractivity contribution in [3.63, 3.8) is 0 Å². The van der Waals surface area contributed by atoms with Gasteiger partial charge in [-0.05, 0) is 121 Å². The minimum atomic E-state index is -1.12. The van der Waals surface area contributed by atoms with Gasteiger partial charge in [-0.15, -0.1) is 0 Å². The molecule has 4 bridgehead atoms. The molecule has 276 valence electrons. The monoisotopic (exact) mass is 691 g/mol. The Labute approximate surface area is 299 Å². The molecule has 11 atom stereocenters. The van der Waals surface area contributed by atoms with Gasteiger partial charge in [-0.2, -0.15) is 0 Å². The lowest BCUT2D eigenvalue weighted by molar-refractivity contribution is -0.387. The normalized spacial score (nSPS) is 47.0.